The summed E-state index contributed by atoms with van der Waals surface area (Å²) in [6.07, 6.45) is 10.9. The SMILES string of the molecule is CC1(C)OC(=O)C=C[C@]23C[C@]24CC[C@]2(C)[C@@H]([C@@H]5C[C@@H]6C[C@H]5OC(=O)[C@]6(C)O)CC[C@@]2(C)[C@@H]4[C@@H](O)C[C@@H]13. The Morgan fingerprint density at radius 3 is 2.47 bits per heavy atom. The molecule has 5 aliphatic carbocycles. The Balaban J connectivity index is 1.25. The summed E-state index contributed by atoms with van der Waals surface area (Å²) in [5.74, 6) is 0.267. The second kappa shape index (κ2) is 6.59. The highest BCUT2D eigenvalue weighted by atomic mass is 16.6. The van der Waals surface area contributed by atoms with Crippen molar-refractivity contribution in [2.75, 3.05) is 0 Å². The first kappa shape index (κ1) is 23.7. The highest BCUT2D eigenvalue weighted by Crippen LogP contribution is 2.87. The lowest BCUT2D eigenvalue weighted by atomic mass is 9.43. The van der Waals surface area contributed by atoms with Gasteiger partial charge in [-0.1, -0.05) is 19.9 Å². The van der Waals surface area contributed by atoms with Crippen LogP contribution in [-0.4, -0.2) is 45.6 Å². The van der Waals surface area contributed by atoms with E-state index in [0.29, 0.717) is 12.3 Å². The van der Waals surface area contributed by atoms with Crippen molar-refractivity contribution in [2.45, 2.75) is 109 Å². The number of hydrogen-bond donors (Lipinski definition) is 2. The van der Waals surface area contributed by atoms with E-state index in [0.717, 1.165) is 44.9 Å². The number of aliphatic hydroxyl groups is 2. The van der Waals surface area contributed by atoms with Gasteiger partial charge in [0, 0.05) is 23.3 Å². The maximum atomic E-state index is 12.5. The Bertz CT molecular complexity index is 1080. The predicted octanol–water partition coefficient (Wildman–Crippen LogP) is 4.17. The Morgan fingerprint density at radius 1 is 0.972 bits per heavy atom. The third-order valence-electron chi connectivity index (χ3n) is 13.6. The summed E-state index contributed by atoms with van der Waals surface area (Å²) in [6.45, 7) is 10.6. The zero-order chi connectivity index (χ0) is 25.7. The average Bonchev–Trinajstić information content (AvgIpc) is 3.18. The molecule has 6 nitrogen and oxygen atoms in total. The van der Waals surface area contributed by atoms with Crippen molar-refractivity contribution in [2.24, 2.45) is 51.2 Å². The molecule has 0 aromatic carbocycles. The number of hydrogen-bond acceptors (Lipinski definition) is 6. The highest BCUT2D eigenvalue weighted by Gasteiger charge is 2.83. The van der Waals surface area contributed by atoms with Crippen LogP contribution in [0, 0.1) is 51.2 Å². The van der Waals surface area contributed by atoms with Gasteiger partial charge in [0.05, 0.1) is 6.10 Å². The van der Waals surface area contributed by atoms with Crippen LogP contribution >= 0.6 is 0 Å². The Labute approximate surface area is 214 Å². The Kier molecular flexibility index (Phi) is 4.34. The first-order valence-electron chi connectivity index (χ1n) is 14.3. The fourth-order valence-electron chi connectivity index (χ4n) is 11.7. The third kappa shape index (κ3) is 2.48. The maximum absolute atomic E-state index is 12.5. The largest absolute Gasteiger partial charge is 0.460 e. The molecule has 198 valence electrons. The fourth-order valence-corrected chi connectivity index (χ4v) is 11.7. The second-order valence-corrected chi connectivity index (χ2v) is 15.0. The summed E-state index contributed by atoms with van der Waals surface area (Å²) in [4.78, 5) is 25.0. The molecule has 2 spiro atoms. The van der Waals surface area contributed by atoms with Crippen LogP contribution in [0.4, 0.5) is 0 Å². The van der Waals surface area contributed by atoms with Crippen molar-refractivity contribution < 1.29 is 29.3 Å². The Morgan fingerprint density at radius 2 is 1.72 bits per heavy atom. The molecular weight excluding hydrogens is 456 g/mol. The summed E-state index contributed by atoms with van der Waals surface area (Å²) in [6, 6.07) is 0. The highest BCUT2D eigenvalue weighted by molar-refractivity contribution is 5.83. The lowest BCUT2D eigenvalue weighted by Crippen LogP contribution is -2.60. The summed E-state index contributed by atoms with van der Waals surface area (Å²) >= 11 is 0. The van der Waals surface area contributed by atoms with Crippen LogP contribution in [0.5, 0.6) is 0 Å². The lowest BCUT2D eigenvalue weighted by Gasteiger charge is -2.62. The number of ether oxygens (including phenoxy) is 2. The monoisotopic (exact) mass is 498 g/mol. The van der Waals surface area contributed by atoms with Crippen LogP contribution in [0.2, 0.25) is 0 Å². The van der Waals surface area contributed by atoms with Gasteiger partial charge in [0.1, 0.15) is 11.7 Å². The average molecular weight is 499 g/mol. The second-order valence-electron chi connectivity index (χ2n) is 15.0. The molecule has 5 saturated carbocycles. The minimum atomic E-state index is -1.38. The lowest BCUT2D eigenvalue weighted by molar-refractivity contribution is -0.194. The number of aliphatic hydroxyl groups excluding tert-OH is 1. The van der Waals surface area contributed by atoms with Crippen LogP contribution in [0.25, 0.3) is 0 Å². The normalized spacial score (nSPS) is 60.1. The molecule has 2 heterocycles. The van der Waals surface area contributed by atoms with Crippen LogP contribution in [0.3, 0.4) is 0 Å². The van der Waals surface area contributed by atoms with E-state index in [4.69, 9.17) is 9.47 Å². The van der Waals surface area contributed by atoms with Crippen molar-refractivity contribution in [3.05, 3.63) is 12.2 Å². The summed E-state index contributed by atoms with van der Waals surface area (Å²) in [5.41, 5.74) is -2.02. The molecule has 2 N–H and O–H groups in total. The molecular formula is C30H42O6. The van der Waals surface area contributed by atoms with Crippen LogP contribution in [0.15, 0.2) is 12.2 Å². The minimum Gasteiger partial charge on any atom is -0.460 e. The van der Waals surface area contributed by atoms with Gasteiger partial charge in [-0.3, -0.25) is 0 Å². The standard InChI is InChI=1S/C30H42O6/c1-25(2)21-14-19(31)23-27(4)8-6-18(17-12-16-13-20(17)35-24(33)28(16,5)34)26(27,3)10-11-30(23)15-29(21,30)9-7-22(32)36-25/h7,9,16-21,23,31,34H,6,8,10-15H2,1-5H3/t16-,17+,18-,19+,20-,21+,23+,26-,27+,28-,29-,30+/m1/s1. The van der Waals surface area contributed by atoms with E-state index < -0.39 is 23.3 Å². The third-order valence-corrected chi connectivity index (χ3v) is 13.6. The molecule has 0 aromatic heterocycles. The number of rotatable bonds is 1. The van der Waals surface area contributed by atoms with Gasteiger partial charge in [0.15, 0.2) is 5.60 Å². The molecule has 1 saturated heterocycles. The van der Waals surface area contributed by atoms with Gasteiger partial charge in [-0.05, 0) is 106 Å². The molecule has 36 heavy (non-hydrogen) atoms. The van der Waals surface area contributed by atoms with Crippen molar-refractivity contribution >= 4 is 11.9 Å². The summed E-state index contributed by atoms with van der Waals surface area (Å²) in [5, 5.41) is 22.7. The zero-order valence-electron chi connectivity index (χ0n) is 22.4. The van der Waals surface area contributed by atoms with Crippen molar-refractivity contribution in [3.63, 3.8) is 0 Å². The van der Waals surface area contributed by atoms with Gasteiger partial charge in [-0.15, -0.1) is 0 Å². The van der Waals surface area contributed by atoms with Gasteiger partial charge in [0.2, 0.25) is 0 Å². The molecule has 0 amide bonds. The first-order valence-corrected chi connectivity index (χ1v) is 14.3. The molecule has 2 bridgehead atoms. The molecule has 0 unspecified atom stereocenters. The fraction of sp³-hybridized carbons (Fsp3) is 0.867. The number of esters is 2. The van der Waals surface area contributed by atoms with Gasteiger partial charge in [0.25, 0.3) is 0 Å². The van der Waals surface area contributed by atoms with Gasteiger partial charge in [-0.25, -0.2) is 9.59 Å². The molecule has 2 aliphatic heterocycles. The number of fused-ring (bicyclic) bond motifs is 4. The van der Waals surface area contributed by atoms with Crippen LogP contribution in [0.1, 0.15) is 86.0 Å². The van der Waals surface area contributed by atoms with E-state index in [-0.39, 0.29) is 57.4 Å². The van der Waals surface area contributed by atoms with E-state index in [1.165, 1.54) is 0 Å². The quantitative estimate of drug-likeness (QED) is 0.527. The summed E-state index contributed by atoms with van der Waals surface area (Å²) < 4.78 is 11.7. The molecule has 6 fully saturated rings. The van der Waals surface area contributed by atoms with Crippen molar-refractivity contribution in [1.29, 1.82) is 0 Å². The van der Waals surface area contributed by atoms with Crippen LogP contribution < -0.4 is 0 Å². The van der Waals surface area contributed by atoms with E-state index in [1.54, 1.807) is 13.0 Å². The maximum Gasteiger partial charge on any atom is 0.338 e. The smallest absolute Gasteiger partial charge is 0.338 e. The number of cyclic esters (lactones) is 1. The Hall–Kier alpha value is -1.40. The van der Waals surface area contributed by atoms with Gasteiger partial charge >= 0.3 is 11.9 Å². The van der Waals surface area contributed by atoms with E-state index in [2.05, 4.69) is 19.9 Å². The summed E-state index contributed by atoms with van der Waals surface area (Å²) in [7, 11) is 0. The molecule has 7 aliphatic rings. The molecule has 12 atom stereocenters. The van der Waals surface area contributed by atoms with Gasteiger partial charge in [-0.2, -0.15) is 0 Å². The van der Waals surface area contributed by atoms with Crippen molar-refractivity contribution in [3.8, 4) is 0 Å². The number of carbonyl (C=O) groups is 2. The van der Waals surface area contributed by atoms with Gasteiger partial charge < -0.3 is 19.7 Å². The zero-order valence-corrected chi connectivity index (χ0v) is 22.4. The van der Waals surface area contributed by atoms with E-state index in [9.17, 15) is 19.8 Å². The van der Waals surface area contributed by atoms with E-state index in [1.807, 2.05) is 13.8 Å². The molecule has 0 radical (unpaired) electrons. The first-order chi connectivity index (χ1) is 16.7. The van der Waals surface area contributed by atoms with E-state index >= 15 is 0 Å². The van der Waals surface area contributed by atoms with Crippen molar-refractivity contribution in [1.82, 2.24) is 0 Å². The minimum absolute atomic E-state index is 0.0158. The molecule has 0 aromatic rings. The topological polar surface area (TPSA) is 93.1 Å². The predicted molar refractivity (Wildman–Crippen MR) is 131 cm³/mol. The molecule has 6 heteroatoms. The van der Waals surface area contributed by atoms with Crippen LogP contribution in [-0.2, 0) is 19.1 Å². The number of allylic oxidation sites excluding steroid dienone is 1. The number of carbonyl (C=O) groups excluding carboxylic acids is 2. The molecule has 7 rings (SSSR count).